The number of nitrogens with two attached hydrogens (primary N) is 1. The lowest BCUT2D eigenvalue weighted by atomic mass is 10.0. The van der Waals surface area contributed by atoms with Crippen LogP contribution in [0.2, 0.25) is 0 Å². The second-order valence-corrected chi connectivity index (χ2v) is 7.46. The van der Waals surface area contributed by atoms with Crippen molar-refractivity contribution in [3.63, 3.8) is 0 Å². The molecule has 3 aromatic rings. The van der Waals surface area contributed by atoms with Crippen LogP contribution in [-0.2, 0) is 22.6 Å². The standard InChI is InChI=1S/C23H27N5O3/c1-29-14-16-3-4-20(30-2)18(9-16)12-28-7-8-31-21(13-28)23-19(11-25-15-27-23)17-5-6-26-22(24)10-17/h3-6,9-11,15,21H,7-8,12-14H2,1-2H3,(H2,24,26)/t21-/m1/s1. The molecular formula is C23H27N5O3. The Kier molecular flexibility index (Phi) is 6.71. The van der Waals surface area contributed by atoms with Crippen LogP contribution in [0.5, 0.6) is 5.75 Å². The highest BCUT2D eigenvalue weighted by molar-refractivity contribution is 5.67. The Bertz CT molecular complexity index is 1030. The van der Waals surface area contributed by atoms with Crippen molar-refractivity contribution in [3.8, 4) is 16.9 Å². The van der Waals surface area contributed by atoms with Crippen LogP contribution in [-0.4, -0.2) is 53.8 Å². The SMILES string of the molecule is COCc1ccc(OC)c(CN2CCO[C@@H](c3ncncc3-c3ccnc(N)c3)C2)c1. The van der Waals surface area contributed by atoms with E-state index in [-0.39, 0.29) is 6.10 Å². The molecular weight excluding hydrogens is 394 g/mol. The van der Waals surface area contributed by atoms with Crippen LogP contribution in [0.1, 0.15) is 22.9 Å². The molecule has 2 N–H and O–H groups in total. The van der Waals surface area contributed by atoms with Gasteiger partial charge in [0.1, 0.15) is 24.0 Å². The van der Waals surface area contributed by atoms with Crippen molar-refractivity contribution in [3.05, 3.63) is 65.9 Å². The fourth-order valence-electron chi connectivity index (χ4n) is 3.90. The minimum absolute atomic E-state index is 0.172. The quantitative estimate of drug-likeness (QED) is 0.622. The van der Waals surface area contributed by atoms with E-state index in [1.807, 2.05) is 24.3 Å². The van der Waals surface area contributed by atoms with Crippen molar-refractivity contribution in [1.82, 2.24) is 19.9 Å². The molecule has 0 saturated carbocycles. The number of methoxy groups -OCH3 is 2. The molecule has 0 amide bonds. The molecule has 0 radical (unpaired) electrons. The van der Waals surface area contributed by atoms with Crippen molar-refractivity contribution in [1.29, 1.82) is 0 Å². The Morgan fingerprint density at radius 3 is 2.90 bits per heavy atom. The zero-order chi connectivity index (χ0) is 21.6. The number of anilines is 1. The highest BCUT2D eigenvalue weighted by atomic mass is 16.5. The van der Waals surface area contributed by atoms with Crippen LogP contribution >= 0.6 is 0 Å². The van der Waals surface area contributed by atoms with Crippen molar-refractivity contribution in [2.45, 2.75) is 19.3 Å². The Morgan fingerprint density at radius 1 is 1.19 bits per heavy atom. The summed E-state index contributed by atoms with van der Waals surface area (Å²) < 4.78 is 17.0. The average molecular weight is 422 g/mol. The first-order valence-corrected chi connectivity index (χ1v) is 10.2. The smallest absolute Gasteiger partial charge is 0.123 e. The summed E-state index contributed by atoms with van der Waals surface area (Å²) >= 11 is 0. The molecule has 1 fully saturated rings. The summed E-state index contributed by atoms with van der Waals surface area (Å²) in [6.45, 7) is 3.48. The molecule has 162 valence electrons. The third-order valence-corrected chi connectivity index (χ3v) is 5.34. The Hall–Kier alpha value is -3.07. The minimum atomic E-state index is -0.172. The predicted octanol–water partition coefficient (Wildman–Crippen LogP) is 2.85. The van der Waals surface area contributed by atoms with Gasteiger partial charge in [0, 0.05) is 50.3 Å². The number of hydrogen-bond acceptors (Lipinski definition) is 8. The van der Waals surface area contributed by atoms with Gasteiger partial charge in [0.15, 0.2) is 0 Å². The Balaban J connectivity index is 1.56. The van der Waals surface area contributed by atoms with Gasteiger partial charge < -0.3 is 19.9 Å². The van der Waals surface area contributed by atoms with Crippen molar-refractivity contribution in [2.24, 2.45) is 0 Å². The molecule has 1 aliphatic rings. The van der Waals surface area contributed by atoms with Crippen molar-refractivity contribution < 1.29 is 14.2 Å². The van der Waals surface area contributed by atoms with E-state index in [4.69, 9.17) is 19.9 Å². The number of benzene rings is 1. The van der Waals surface area contributed by atoms with Gasteiger partial charge >= 0.3 is 0 Å². The first kappa shape index (κ1) is 21.2. The monoisotopic (exact) mass is 421 g/mol. The first-order valence-electron chi connectivity index (χ1n) is 10.2. The van der Waals surface area contributed by atoms with Gasteiger partial charge in [-0.3, -0.25) is 4.90 Å². The first-order chi connectivity index (χ1) is 15.2. The maximum absolute atomic E-state index is 6.11. The number of nitrogen functional groups attached to an aromatic ring is 1. The normalized spacial score (nSPS) is 16.9. The lowest BCUT2D eigenvalue weighted by Gasteiger charge is -2.33. The third-order valence-electron chi connectivity index (χ3n) is 5.34. The molecule has 8 nitrogen and oxygen atoms in total. The lowest BCUT2D eigenvalue weighted by Crippen LogP contribution is -2.38. The molecule has 1 aromatic carbocycles. The van der Waals surface area contributed by atoms with Crippen LogP contribution in [0.25, 0.3) is 11.1 Å². The van der Waals surface area contributed by atoms with Gasteiger partial charge in [-0.25, -0.2) is 15.0 Å². The fourth-order valence-corrected chi connectivity index (χ4v) is 3.90. The third kappa shape index (κ3) is 4.99. The number of rotatable bonds is 7. The second kappa shape index (κ2) is 9.82. The molecule has 0 bridgehead atoms. The summed E-state index contributed by atoms with van der Waals surface area (Å²) in [6, 6.07) is 9.91. The van der Waals surface area contributed by atoms with E-state index >= 15 is 0 Å². The van der Waals surface area contributed by atoms with Crippen LogP contribution in [0.4, 0.5) is 5.82 Å². The number of ether oxygens (including phenoxy) is 3. The number of morpholine rings is 1. The van der Waals surface area contributed by atoms with E-state index in [1.165, 1.54) is 0 Å². The number of nitrogens with zero attached hydrogens (tertiary/aromatic N) is 4. The average Bonchev–Trinajstić information content (AvgIpc) is 2.80. The summed E-state index contributed by atoms with van der Waals surface area (Å²) in [5.41, 5.74) is 10.8. The lowest BCUT2D eigenvalue weighted by molar-refractivity contribution is -0.0349. The van der Waals surface area contributed by atoms with E-state index in [0.717, 1.165) is 46.8 Å². The highest BCUT2D eigenvalue weighted by Gasteiger charge is 2.26. The van der Waals surface area contributed by atoms with Gasteiger partial charge in [-0.15, -0.1) is 0 Å². The maximum atomic E-state index is 6.11. The number of hydrogen-bond donors (Lipinski definition) is 1. The van der Waals surface area contributed by atoms with Crippen LogP contribution in [0.3, 0.4) is 0 Å². The van der Waals surface area contributed by atoms with Gasteiger partial charge in [-0.2, -0.15) is 0 Å². The van der Waals surface area contributed by atoms with Gasteiger partial charge in [0.25, 0.3) is 0 Å². The summed E-state index contributed by atoms with van der Waals surface area (Å²) in [6.07, 6.45) is 4.88. The molecule has 4 rings (SSSR count). The molecule has 1 aliphatic heterocycles. The molecule has 0 spiro atoms. The van der Waals surface area contributed by atoms with E-state index in [2.05, 4.69) is 25.9 Å². The molecule has 2 aromatic heterocycles. The topological polar surface area (TPSA) is 95.6 Å². The predicted molar refractivity (Wildman–Crippen MR) is 117 cm³/mol. The van der Waals surface area contributed by atoms with Gasteiger partial charge in [0.05, 0.1) is 26.0 Å². The minimum Gasteiger partial charge on any atom is -0.496 e. The zero-order valence-electron chi connectivity index (χ0n) is 17.8. The van der Waals surface area contributed by atoms with E-state index in [1.54, 1.807) is 32.9 Å². The molecule has 1 atom stereocenters. The number of pyridine rings is 1. The molecule has 31 heavy (non-hydrogen) atoms. The summed E-state index contributed by atoms with van der Waals surface area (Å²) in [4.78, 5) is 15.2. The van der Waals surface area contributed by atoms with Gasteiger partial charge in [-0.1, -0.05) is 6.07 Å². The Labute approximate surface area is 182 Å². The molecule has 0 unspecified atom stereocenters. The van der Waals surface area contributed by atoms with Gasteiger partial charge in [-0.05, 0) is 35.4 Å². The van der Waals surface area contributed by atoms with Crippen LogP contribution < -0.4 is 10.5 Å². The fraction of sp³-hybridized carbons (Fsp3) is 0.348. The summed E-state index contributed by atoms with van der Waals surface area (Å²) in [7, 11) is 3.40. The van der Waals surface area contributed by atoms with E-state index in [9.17, 15) is 0 Å². The number of aromatic nitrogens is 3. The second-order valence-electron chi connectivity index (χ2n) is 7.46. The van der Waals surface area contributed by atoms with Crippen molar-refractivity contribution >= 4 is 5.82 Å². The summed E-state index contributed by atoms with van der Waals surface area (Å²) in [5.74, 6) is 1.33. The van der Waals surface area contributed by atoms with Gasteiger partial charge in [0.2, 0.25) is 0 Å². The molecule has 8 heteroatoms. The molecule has 3 heterocycles. The maximum Gasteiger partial charge on any atom is 0.123 e. The van der Waals surface area contributed by atoms with E-state index in [0.29, 0.717) is 25.6 Å². The van der Waals surface area contributed by atoms with Crippen molar-refractivity contribution in [2.75, 3.05) is 39.6 Å². The van der Waals surface area contributed by atoms with E-state index < -0.39 is 0 Å². The largest absolute Gasteiger partial charge is 0.496 e. The van der Waals surface area contributed by atoms with Crippen LogP contribution in [0, 0.1) is 0 Å². The zero-order valence-corrected chi connectivity index (χ0v) is 17.8. The summed E-state index contributed by atoms with van der Waals surface area (Å²) in [5, 5.41) is 0. The van der Waals surface area contributed by atoms with Crippen LogP contribution in [0.15, 0.2) is 49.1 Å². The molecule has 1 saturated heterocycles. The highest BCUT2D eigenvalue weighted by Crippen LogP contribution is 2.31. The molecule has 0 aliphatic carbocycles. The Morgan fingerprint density at radius 2 is 2.10 bits per heavy atom.